The number of rotatable bonds is 9. The number of halogens is 3. The third kappa shape index (κ3) is 5.49. The first kappa shape index (κ1) is 29.5. The number of ether oxygens (including phenoxy) is 1. The zero-order valence-electron chi connectivity index (χ0n) is 23.0. The average molecular weight is 602 g/mol. The number of hydrogen-bond acceptors (Lipinski definition) is 7. The molecule has 216 valence electrons. The molecule has 0 unspecified atom stereocenters. The summed E-state index contributed by atoms with van der Waals surface area (Å²) in [4.78, 5) is 38.3. The minimum absolute atomic E-state index is 0.00481. The summed E-state index contributed by atoms with van der Waals surface area (Å²) < 4.78 is 23.3. The Hall–Kier alpha value is -2.95. The highest BCUT2D eigenvalue weighted by molar-refractivity contribution is 6.30. The van der Waals surface area contributed by atoms with Crippen molar-refractivity contribution in [2.75, 3.05) is 20.6 Å². The summed E-state index contributed by atoms with van der Waals surface area (Å²) in [6.07, 6.45) is 3.47. The third-order valence-corrected chi connectivity index (χ3v) is 8.18. The normalized spacial score (nSPS) is 22.0. The van der Waals surface area contributed by atoms with Crippen LogP contribution >= 0.6 is 23.2 Å². The Kier molecular flexibility index (Phi) is 8.20. The molecular formula is C30H31Cl2FN4O4. The van der Waals surface area contributed by atoms with E-state index in [-0.39, 0.29) is 47.8 Å². The number of fused-ring (bicyclic) bond motifs is 1. The Labute approximate surface area is 248 Å². The second kappa shape index (κ2) is 11.4. The smallest absolute Gasteiger partial charge is 0.257 e. The maximum absolute atomic E-state index is 16.6. The highest BCUT2D eigenvalue weighted by Gasteiger charge is 2.56. The van der Waals surface area contributed by atoms with E-state index in [0.29, 0.717) is 34.9 Å². The molecule has 2 aliphatic rings. The molecule has 1 aliphatic heterocycles. The van der Waals surface area contributed by atoms with Crippen molar-refractivity contribution >= 4 is 34.9 Å². The van der Waals surface area contributed by atoms with Gasteiger partial charge in [-0.3, -0.25) is 14.5 Å². The summed E-state index contributed by atoms with van der Waals surface area (Å²) in [5, 5.41) is 12.3. The molecule has 5 rings (SSSR count). The molecule has 3 aromatic rings. The van der Waals surface area contributed by atoms with Crippen LogP contribution in [0.15, 0.2) is 48.8 Å². The molecule has 0 bridgehead atoms. The number of carbonyl (C=O) groups is 2. The topological polar surface area (TPSA) is 95.9 Å². The van der Waals surface area contributed by atoms with Gasteiger partial charge in [0.25, 0.3) is 5.91 Å². The van der Waals surface area contributed by atoms with Crippen LogP contribution in [0.25, 0.3) is 0 Å². The van der Waals surface area contributed by atoms with Crippen molar-refractivity contribution in [1.82, 2.24) is 19.8 Å². The lowest BCUT2D eigenvalue weighted by atomic mass is 9.85. The summed E-state index contributed by atoms with van der Waals surface area (Å²) in [6.45, 7) is 1.89. The van der Waals surface area contributed by atoms with E-state index < -0.39 is 29.2 Å². The van der Waals surface area contributed by atoms with Crippen molar-refractivity contribution in [2.45, 2.75) is 56.6 Å². The van der Waals surface area contributed by atoms with Crippen LogP contribution in [-0.2, 0) is 27.4 Å². The van der Waals surface area contributed by atoms with Gasteiger partial charge in [0, 0.05) is 42.4 Å². The molecule has 3 atom stereocenters. The molecule has 0 saturated heterocycles. The predicted molar refractivity (Wildman–Crippen MR) is 152 cm³/mol. The van der Waals surface area contributed by atoms with Crippen molar-refractivity contribution in [2.24, 2.45) is 0 Å². The molecule has 0 radical (unpaired) electrons. The monoisotopic (exact) mass is 600 g/mol. The standard InChI is InChI=1S/C30H31Cl2FN4O4/c1-4-29(40,17-36(2)3)19-11-24-27(25(33)12-19)30(18-5-7-20(31)8-6-18,41-23-10-9-22(38)13-23)37(28(24)39)16-26-34-14-21(32)15-35-26/h5-8,11-12,14-15,23,40H,4,9-10,13,16-17H2,1-3H3/t23-,29+,30+/m0/s1. The fraction of sp³-hybridized carbons (Fsp3) is 0.400. The van der Waals surface area contributed by atoms with Crippen LogP contribution in [0.1, 0.15) is 65.5 Å². The van der Waals surface area contributed by atoms with Gasteiger partial charge in [0.1, 0.15) is 23.0 Å². The first-order valence-electron chi connectivity index (χ1n) is 13.4. The highest BCUT2D eigenvalue weighted by atomic mass is 35.5. The van der Waals surface area contributed by atoms with E-state index in [4.69, 9.17) is 27.9 Å². The lowest BCUT2D eigenvalue weighted by molar-refractivity contribution is -0.149. The molecule has 2 aromatic carbocycles. The molecule has 1 saturated carbocycles. The third-order valence-electron chi connectivity index (χ3n) is 7.73. The zero-order chi connectivity index (χ0) is 29.5. The minimum Gasteiger partial charge on any atom is -0.384 e. The Bertz CT molecular complexity index is 1470. The minimum atomic E-state index is -1.76. The number of likely N-dealkylation sites (N-methyl/N-ethyl adjacent to an activating group) is 1. The number of aromatic nitrogens is 2. The summed E-state index contributed by atoms with van der Waals surface area (Å²) in [6, 6.07) is 9.46. The van der Waals surface area contributed by atoms with E-state index >= 15 is 4.39 Å². The lowest BCUT2D eigenvalue weighted by Crippen LogP contribution is -2.48. The van der Waals surface area contributed by atoms with Crippen LogP contribution < -0.4 is 0 Å². The maximum atomic E-state index is 16.6. The Balaban J connectivity index is 1.75. The zero-order valence-corrected chi connectivity index (χ0v) is 24.5. The van der Waals surface area contributed by atoms with Gasteiger partial charge in [-0.05, 0) is 56.8 Å². The van der Waals surface area contributed by atoms with E-state index in [1.807, 2.05) is 14.1 Å². The van der Waals surface area contributed by atoms with Gasteiger partial charge in [0.2, 0.25) is 5.72 Å². The van der Waals surface area contributed by atoms with E-state index in [9.17, 15) is 14.7 Å². The van der Waals surface area contributed by atoms with Crippen molar-refractivity contribution in [3.05, 3.63) is 92.7 Å². The van der Waals surface area contributed by atoms with Crippen molar-refractivity contribution in [1.29, 1.82) is 0 Å². The second-order valence-corrected chi connectivity index (χ2v) is 11.8. The van der Waals surface area contributed by atoms with Crippen LogP contribution in [0.4, 0.5) is 4.39 Å². The van der Waals surface area contributed by atoms with Crippen LogP contribution in [0, 0.1) is 5.82 Å². The predicted octanol–water partition coefficient (Wildman–Crippen LogP) is 5.08. The van der Waals surface area contributed by atoms with E-state index in [2.05, 4.69) is 9.97 Å². The van der Waals surface area contributed by atoms with Gasteiger partial charge in [-0.25, -0.2) is 14.4 Å². The molecule has 8 nitrogen and oxygen atoms in total. The van der Waals surface area contributed by atoms with Crippen LogP contribution in [0.2, 0.25) is 10.0 Å². The molecule has 2 heterocycles. The largest absolute Gasteiger partial charge is 0.384 e. The van der Waals surface area contributed by atoms with Gasteiger partial charge in [-0.15, -0.1) is 0 Å². The summed E-state index contributed by atoms with van der Waals surface area (Å²) >= 11 is 12.2. The number of nitrogens with zero attached hydrogens (tertiary/aromatic N) is 4. The molecular weight excluding hydrogens is 570 g/mol. The molecule has 1 aliphatic carbocycles. The van der Waals surface area contributed by atoms with Gasteiger partial charge in [-0.1, -0.05) is 42.3 Å². The van der Waals surface area contributed by atoms with Gasteiger partial charge in [-0.2, -0.15) is 0 Å². The second-order valence-electron chi connectivity index (χ2n) is 10.9. The number of Topliss-reactive ketones (excluding diaryl/α,β-unsaturated/α-hetero) is 1. The Morgan fingerprint density at radius 3 is 2.41 bits per heavy atom. The van der Waals surface area contributed by atoms with Crippen molar-refractivity contribution < 1.29 is 23.8 Å². The average Bonchev–Trinajstić information content (AvgIpc) is 3.44. The first-order chi connectivity index (χ1) is 19.5. The number of benzene rings is 2. The number of amides is 1. The summed E-state index contributed by atoms with van der Waals surface area (Å²) in [5.74, 6) is -0.943. The van der Waals surface area contributed by atoms with Gasteiger partial charge in [0.05, 0.1) is 28.8 Å². The van der Waals surface area contributed by atoms with Gasteiger partial charge in [0.15, 0.2) is 0 Å². The van der Waals surface area contributed by atoms with Crippen molar-refractivity contribution in [3.63, 3.8) is 0 Å². The lowest BCUT2D eigenvalue weighted by Gasteiger charge is -2.41. The fourth-order valence-corrected chi connectivity index (χ4v) is 6.00. The fourth-order valence-electron chi connectivity index (χ4n) is 5.78. The summed E-state index contributed by atoms with van der Waals surface area (Å²) in [7, 11) is 3.62. The molecule has 1 aromatic heterocycles. The van der Waals surface area contributed by atoms with Gasteiger partial charge >= 0.3 is 0 Å². The molecule has 1 N–H and O–H groups in total. The van der Waals surface area contributed by atoms with Gasteiger partial charge < -0.3 is 14.7 Å². The number of carbonyl (C=O) groups excluding carboxylic acids is 2. The van der Waals surface area contributed by atoms with Crippen molar-refractivity contribution in [3.8, 4) is 0 Å². The number of aliphatic hydroxyl groups is 1. The first-order valence-corrected chi connectivity index (χ1v) is 14.2. The van der Waals surface area contributed by atoms with Crippen LogP contribution in [0.3, 0.4) is 0 Å². The SMILES string of the molecule is CC[C@@](O)(CN(C)C)c1cc(F)c2c(c1)C(=O)N(Cc1ncc(Cl)cn1)[C@@]2(O[C@H]1CCC(=O)C1)c1ccc(Cl)cc1. The quantitative estimate of drug-likeness (QED) is 0.366. The summed E-state index contributed by atoms with van der Waals surface area (Å²) in [5.41, 5.74) is -2.38. The Morgan fingerprint density at radius 2 is 1.83 bits per heavy atom. The van der Waals surface area contributed by atoms with E-state index in [1.54, 1.807) is 42.2 Å². The number of ketones is 1. The van der Waals surface area contributed by atoms with E-state index in [0.717, 1.165) is 0 Å². The Morgan fingerprint density at radius 1 is 1.15 bits per heavy atom. The maximum Gasteiger partial charge on any atom is 0.257 e. The molecule has 1 amide bonds. The number of hydrogen-bond donors (Lipinski definition) is 1. The molecule has 11 heteroatoms. The molecule has 41 heavy (non-hydrogen) atoms. The highest BCUT2D eigenvalue weighted by Crippen LogP contribution is 2.50. The molecule has 0 spiro atoms. The van der Waals surface area contributed by atoms with Crippen LogP contribution in [0.5, 0.6) is 0 Å². The van der Waals surface area contributed by atoms with Crippen LogP contribution in [-0.4, -0.2) is 63.3 Å². The van der Waals surface area contributed by atoms with E-state index in [1.165, 1.54) is 23.4 Å². The molecule has 1 fully saturated rings.